The van der Waals surface area contributed by atoms with E-state index < -0.39 is 5.60 Å². The normalized spacial score (nSPS) is 41.1. The van der Waals surface area contributed by atoms with Crippen LogP contribution in [0.2, 0.25) is 0 Å². The third kappa shape index (κ3) is 4.56. The lowest BCUT2D eigenvalue weighted by Crippen LogP contribution is -2.60. The number of esters is 1. The van der Waals surface area contributed by atoms with E-state index in [1.807, 2.05) is 0 Å². The highest BCUT2D eigenvalue weighted by atomic mass is 16.5. The second-order valence-electron chi connectivity index (χ2n) is 13.4. The lowest BCUT2D eigenvalue weighted by Gasteiger charge is -2.66. The van der Waals surface area contributed by atoms with E-state index in [1.165, 1.54) is 43.9 Å². The third-order valence-electron chi connectivity index (χ3n) is 11.4. The molecule has 34 heavy (non-hydrogen) atoms. The highest BCUT2D eigenvalue weighted by Gasteiger charge is 2.67. The summed E-state index contributed by atoms with van der Waals surface area (Å²) in [6, 6.07) is 0. The second kappa shape index (κ2) is 9.75. The Kier molecular flexibility index (Phi) is 7.89. The van der Waals surface area contributed by atoms with Crippen molar-refractivity contribution in [2.75, 3.05) is 7.11 Å². The first-order valence-corrected chi connectivity index (χ1v) is 13.8. The summed E-state index contributed by atoms with van der Waals surface area (Å²) in [5.74, 6) is 1.88. The van der Waals surface area contributed by atoms with E-state index in [2.05, 4.69) is 61.1 Å². The van der Waals surface area contributed by atoms with Crippen molar-refractivity contribution in [1.82, 2.24) is 0 Å². The average molecular weight is 473 g/mol. The van der Waals surface area contributed by atoms with Gasteiger partial charge in [0.05, 0.1) is 12.7 Å². The number of methoxy groups -OCH3 is 1. The largest absolute Gasteiger partial charge is 0.469 e. The van der Waals surface area contributed by atoms with E-state index in [-0.39, 0.29) is 22.2 Å². The molecule has 1 N–H and O–H groups in total. The van der Waals surface area contributed by atoms with E-state index in [0.717, 1.165) is 32.1 Å². The standard InChI is InChI=1S/C31H52O3/c1-21(2)11-10-17-31(8,33)25-15-19-29(6)24(25)12-13-26-28(5,18-16-27(32)34-9)23(22(3)4)14-20-30(26,29)7/h11,23-26,33H,3,10,12-20H2,1-2,4-9H3/t23-,24+,25-,26+,28-,29+,30+,31-/m0/s1. The van der Waals surface area contributed by atoms with Crippen molar-refractivity contribution in [1.29, 1.82) is 0 Å². The number of fused-ring (bicyclic) bond motifs is 3. The Morgan fingerprint density at radius 3 is 2.32 bits per heavy atom. The molecule has 0 bridgehead atoms. The zero-order valence-electron chi connectivity index (χ0n) is 23.4. The molecule has 0 saturated heterocycles. The van der Waals surface area contributed by atoms with Crippen LogP contribution in [0.25, 0.3) is 0 Å². The highest BCUT2D eigenvalue weighted by molar-refractivity contribution is 5.69. The van der Waals surface area contributed by atoms with Gasteiger partial charge in [-0.05, 0) is 125 Å². The van der Waals surface area contributed by atoms with Crippen LogP contribution in [-0.4, -0.2) is 23.8 Å². The van der Waals surface area contributed by atoms with Crippen molar-refractivity contribution >= 4 is 5.97 Å². The van der Waals surface area contributed by atoms with E-state index >= 15 is 0 Å². The van der Waals surface area contributed by atoms with Crippen LogP contribution in [-0.2, 0) is 9.53 Å². The van der Waals surface area contributed by atoms with Crippen molar-refractivity contribution in [2.45, 2.75) is 118 Å². The molecular formula is C31H52O3. The fourth-order valence-corrected chi connectivity index (χ4v) is 9.33. The van der Waals surface area contributed by atoms with Crippen molar-refractivity contribution in [3.05, 3.63) is 23.8 Å². The maximum atomic E-state index is 12.2. The number of carbonyl (C=O) groups excluding carboxylic acids is 1. The number of hydrogen-bond acceptors (Lipinski definition) is 3. The third-order valence-corrected chi connectivity index (χ3v) is 11.4. The molecular weight excluding hydrogens is 420 g/mol. The fourth-order valence-electron chi connectivity index (χ4n) is 9.33. The number of ether oxygens (including phenoxy) is 1. The minimum Gasteiger partial charge on any atom is -0.469 e. The lowest BCUT2D eigenvalue weighted by atomic mass is 9.38. The molecule has 0 spiro atoms. The number of hydrogen-bond donors (Lipinski definition) is 1. The topological polar surface area (TPSA) is 46.5 Å². The Morgan fingerprint density at radius 2 is 1.74 bits per heavy atom. The minimum absolute atomic E-state index is 0.0606. The van der Waals surface area contributed by atoms with Crippen LogP contribution in [0.5, 0.6) is 0 Å². The molecule has 0 aromatic rings. The van der Waals surface area contributed by atoms with Crippen LogP contribution in [0.3, 0.4) is 0 Å². The van der Waals surface area contributed by atoms with E-state index in [9.17, 15) is 9.90 Å². The first-order chi connectivity index (χ1) is 15.7. The zero-order valence-corrected chi connectivity index (χ0v) is 23.4. The van der Waals surface area contributed by atoms with Crippen LogP contribution in [0.4, 0.5) is 0 Å². The van der Waals surface area contributed by atoms with Gasteiger partial charge in [-0.25, -0.2) is 0 Å². The molecule has 3 rings (SSSR count). The van der Waals surface area contributed by atoms with Crippen LogP contribution < -0.4 is 0 Å². The Hall–Kier alpha value is -1.09. The van der Waals surface area contributed by atoms with Crippen LogP contribution in [0.15, 0.2) is 23.8 Å². The summed E-state index contributed by atoms with van der Waals surface area (Å²) in [5.41, 5.74) is 2.51. The molecule has 3 aliphatic rings. The Bertz CT molecular complexity index is 805. The van der Waals surface area contributed by atoms with Gasteiger partial charge in [-0.15, -0.1) is 0 Å². The summed E-state index contributed by atoms with van der Waals surface area (Å²) in [6.07, 6.45) is 12.6. The highest BCUT2D eigenvalue weighted by Crippen LogP contribution is 2.74. The van der Waals surface area contributed by atoms with Gasteiger partial charge in [0.2, 0.25) is 0 Å². The molecule has 3 aliphatic carbocycles. The van der Waals surface area contributed by atoms with E-state index in [4.69, 9.17) is 4.74 Å². The van der Waals surface area contributed by atoms with E-state index in [0.29, 0.717) is 30.1 Å². The molecule has 3 heteroatoms. The fraction of sp³-hybridized carbons (Fsp3) is 0.839. The summed E-state index contributed by atoms with van der Waals surface area (Å²) < 4.78 is 5.04. The first kappa shape index (κ1) is 27.5. The Labute approximate surface area is 209 Å². The average Bonchev–Trinajstić information content (AvgIpc) is 3.11. The molecule has 0 aromatic carbocycles. The zero-order chi connectivity index (χ0) is 25.5. The molecule has 0 amide bonds. The summed E-state index contributed by atoms with van der Waals surface area (Å²) in [6.45, 7) is 20.5. The molecule has 0 radical (unpaired) electrons. The predicted octanol–water partition coefficient (Wildman–Crippen LogP) is 7.88. The SMILES string of the molecule is C=C(C)[C@@H]1CC[C@]2(C)[C@H](CC[C@@H]3[C@@H]([C@@](C)(O)CCC=C(C)C)CC[C@]32C)[C@@]1(C)CCC(=O)OC. The van der Waals surface area contributed by atoms with Gasteiger partial charge in [0, 0.05) is 6.42 Å². The van der Waals surface area contributed by atoms with Gasteiger partial charge in [-0.2, -0.15) is 0 Å². The molecule has 0 aromatic heterocycles. The lowest BCUT2D eigenvalue weighted by molar-refractivity contribution is -0.179. The van der Waals surface area contributed by atoms with Gasteiger partial charge in [0.1, 0.15) is 0 Å². The van der Waals surface area contributed by atoms with Crippen molar-refractivity contribution in [3.8, 4) is 0 Å². The molecule has 0 unspecified atom stereocenters. The molecule has 0 heterocycles. The molecule has 0 aliphatic heterocycles. The number of aliphatic hydroxyl groups is 1. The summed E-state index contributed by atoms with van der Waals surface area (Å²) in [7, 11) is 1.50. The van der Waals surface area contributed by atoms with Crippen molar-refractivity contribution < 1.29 is 14.6 Å². The van der Waals surface area contributed by atoms with Gasteiger partial charge < -0.3 is 9.84 Å². The van der Waals surface area contributed by atoms with Gasteiger partial charge in [-0.1, -0.05) is 44.6 Å². The van der Waals surface area contributed by atoms with Crippen molar-refractivity contribution in [3.63, 3.8) is 0 Å². The maximum Gasteiger partial charge on any atom is 0.305 e. The maximum absolute atomic E-state index is 12.2. The monoisotopic (exact) mass is 472 g/mol. The number of allylic oxidation sites excluding steroid dienone is 3. The summed E-state index contributed by atoms with van der Waals surface area (Å²) in [4.78, 5) is 12.2. The van der Waals surface area contributed by atoms with E-state index in [1.54, 1.807) is 0 Å². The number of carbonyl (C=O) groups is 1. The van der Waals surface area contributed by atoms with Gasteiger partial charge in [0.15, 0.2) is 0 Å². The smallest absolute Gasteiger partial charge is 0.305 e. The van der Waals surface area contributed by atoms with Crippen LogP contribution in [0, 0.1) is 39.9 Å². The molecule has 8 atom stereocenters. The van der Waals surface area contributed by atoms with Crippen LogP contribution >= 0.6 is 0 Å². The Balaban J connectivity index is 1.91. The second-order valence-corrected chi connectivity index (χ2v) is 13.4. The first-order valence-electron chi connectivity index (χ1n) is 13.8. The summed E-state index contributed by atoms with van der Waals surface area (Å²) in [5, 5.41) is 11.7. The van der Waals surface area contributed by atoms with Gasteiger partial charge >= 0.3 is 5.97 Å². The molecule has 194 valence electrons. The predicted molar refractivity (Wildman–Crippen MR) is 141 cm³/mol. The van der Waals surface area contributed by atoms with Crippen LogP contribution in [0.1, 0.15) is 113 Å². The van der Waals surface area contributed by atoms with Gasteiger partial charge in [0.25, 0.3) is 0 Å². The van der Waals surface area contributed by atoms with Gasteiger partial charge in [-0.3, -0.25) is 4.79 Å². The molecule has 3 fully saturated rings. The molecule has 3 nitrogen and oxygen atoms in total. The quantitative estimate of drug-likeness (QED) is 0.289. The minimum atomic E-state index is -0.610. The Morgan fingerprint density at radius 1 is 1.09 bits per heavy atom. The number of rotatable bonds is 8. The van der Waals surface area contributed by atoms with Crippen molar-refractivity contribution in [2.24, 2.45) is 39.9 Å². The summed E-state index contributed by atoms with van der Waals surface area (Å²) >= 11 is 0. The molecule has 3 saturated carbocycles.